The second-order valence-electron chi connectivity index (χ2n) is 20.2. The Morgan fingerprint density at radius 1 is 0.443 bits per heavy atom. The zero-order valence-electron chi connectivity index (χ0n) is 45.9. The van der Waals surface area contributed by atoms with E-state index in [1.165, 1.54) is 116 Å². The predicted molar refractivity (Wildman–Crippen MR) is 292 cm³/mol. The summed E-state index contributed by atoms with van der Waals surface area (Å²) in [6.45, 7) is 4.58. The summed E-state index contributed by atoms with van der Waals surface area (Å²) in [4.78, 5) is 37.2. The number of rotatable bonds is 52. The lowest BCUT2D eigenvalue weighted by molar-refractivity contribution is -0.870. The Labute approximate surface area is 430 Å². The Morgan fingerprint density at radius 3 is 1.21 bits per heavy atom. The van der Waals surface area contributed by atoms with Crippen LogP contribution in [0.15, 0.2) is 72.9 Å². The molecule has 2 unspecified atom stereocenters. The van der Waals surface area contributed by atoms with E-state index in [9.17, 15) is 19.5 Å². The van der Waals surface area contributed by atoms with Gasteiger partial charge in [-0.25, -0.2) is 0 Å². The van der Waals surface area contributed by atoms with Crippen LogP contribution in [-0.2, 0) is 33.3 Å². The summed E-state index contributed by atoms with van der Waals surface area (Å²) in [5.41, 5.74) is 0. The number of likely N-dealkylation sites (N-methyl/N-ethyl adjacent to an activating group) is 1. The quantitative estimate of drug-likeness (QED) is 0.0195. The van der Waals surface area contributed by atoms with Gasteiger partial charge in [0.05, 0.1) is 40.3 Å². The molecule has 404 valence electrons. The number of ether oxygens (including phenoxy) is 4. The van der Waals surface area contributed by atoms with Crippen molar-refractivity contribution in [3.63, 3.8) is 0 Å². The fourth-order valence-electron chi connectivity index (χ4n) is 7.78. The van der Waals surface area contributed by atoms with Crippen molar-refractivity contribution in [3.05, 3.63) is 72.9 Å². The number of carboxylic acid groups (broad SMARTS) is 1. The summed E-state index contributed by atoms with van der Waals surface area (Å²) in [7, 11) is 5.91. The van der Waals surface area contributed by atoms with Gasteiger partial charge in [0.2, 0.25) is 0 Å². The van der Waals surface area contributed by atoms with E-state index in [1.54, 1.807) is 0 Å². The summed E-state index contributed by atoms with van der Waals surface area (Å²) < 4.78 is 22.7. The van der Waals surface area contributed by atoms with Crippen LogP contribution >= 0.6 is 0 Å². The molecule has 0 rings (SSSR count). The molecule has 0 saturated heterocycles. The maximum Gasteiger partial charge on any atom is 0.306 e. The van der Waals surface area contributed by atoms with Crippen molar-refractivity contribution < 1.29 is 42.9 Å². The Kier molecular flexibility index (Phi) is 49.6. The number of allylic oxidation sites excluding steroid dienone is 12. The molecule has 0 N–H and O–H groups in total. The summed E-state index contributed by atoms with van der Waals surface area (Å²) >= 11 is 0. The van der Waals surface area contributed by atoms with Gasteiger partial charge in [-0.05, 0) is 77.0 Å². The standard InChI is InChI=1S/C61H107NO8/c1-6-8-10-12-14-16-18-20-22-23-24-25-26-27-28-29-30-31-32-33-34-35-36-37-38-40-42-44-46-48-50-52-59(64)70-57(56-69-61(60(65)66)67-54-53-62(3,4)5)55-68-58(63)51-49-47-45-43-41-39-21-19-17-15-13-11-9-7-2/h8,10,13-16,19-22,24-25,57,61H,6-7,9,11-12,17-18,23,26-56H2,1-5H3/b10-8-,15-13-,16-14-,21-19-,22-20-,25-24-. The van der Waals surface area contributed by atoms with Crippen LogP contribution < -0.4 is 5.11 Å². The number of hydrogen-bond donors (Lipinski definition) is 0. The lowest BCUT2D eigenvalue weighted by Crippen LogP contribution is -2.44. The molecule has 2 atom stereocenters. The summed E-state index contributed by atoms with van der Waals surface area (Å²) in [5, 5.41) is 11.8. The minimum absolute atomic E-state index is 0.144. The first-order valence-electron chi connectivity index (χ1n) is 28.6. The van der Waals surface area contributed by atoms with Crippen LogP contribution in [-0.4, -0.2) is 82.3 Å². The molecule has 0 aliphatic heterocycles. The van der Waals surface area contributed by atoms with Crippen LogP contribution in [0.4, 0.5) is 0 Å². The minimum atomic E-state index is -1.62. The zero-order valence-corrected chi connectivity index (χ0v) is 45.9. The molecule has 0 fully saturated rings. The summed E-state index contributed by atoms with van der Waals surface area (Å²) in [6, 6.07) is 0. The SMILES string of the molecule is CC/C=C\C/C=C\C/C=C\C/C=C\CCCCCCCCCCCCCCCCCCCCC(=O)OC(COC(=O)CCCCCCC/C=C\C/C=C\CCCC)COC(OCC[N+](C)(C)C)C(=O)[O-]. The molecule has 0 aliphatic carbocycles. The van der Waals surface area contributed by atoms with E-state index >= 15 is 0 Å². The van der Waals surface area contributed by atoms with E-state index in [4.69, 9.17) is 18.9 Å². The third-order valence-electron chi connectivity index (χ3n) is 12.2. The highest BCUT2D eigenvalue weighted by atomic mass is 16.7. The minimum Gasteiger partial charge on any atom is -0.545 e. The average Bonchev–Trinajstić information content (AvgIpc) is 3.33. The van der Waals surface area contributed by atoms with Crippen molar-refractivity contribution in [3.8, 4) is 0 Å². The monoisotopic (exact) mass is 982 g/mol. The normalized spacial score (nSPS) is 13.3. The second-order valence-corrected chi connectivity index (χ2v) is 20.2. The van der Waals surface area contributed by atoms with Crippen molar-refractivity contribution in [2.24, 2.45) is 0 Å². The highest BCUT2D eigenvalue weighted by molar-refractivity contribution is 5.70. The molecular formula is C61H107NO8. The lowest BCUT2D eigenvalue weighted by atomic mass is 10.0. The number of hydrogen-bond acceptors (Lipinski definition) is 8. The zero-order chi connectivity index (χ0) is 51.3. The second kappa shape index (κ2) is 52.1. The van der Waals surface area contributed by atoms with Gasteiger partial charge < -0.3 is 33.3 Å². The fraction of sp³-hybridized carbons (Fsp3) is 0.754. The average molecular weight is 983 g/mol. The molecule has 0 aromatic rings. The molecule has 0 aliphatic rings. The Morgan fingerprint density at radius 2 is 0.814 bits per heavy atom. The Bertz CT molecular complexity index is 1380. The topological polar surface area (TPSA) is 111 Å². The Hall–Kier alpha value is -3.27. The van der Waals surface area contributed by atoms with Gasteiger partial charge in [0.1, 0.15) is 13.2 Å². The first-order chi connectivity index (χ1) is 34.1. The number of carboxylic acids is 1. The third-order valence-corrected chi connectivity index (χ3v) is 12.2. The summed E-state index contributed by atoms with van der Waals surface area (Å²) in [6.07, 6.45) is 63.9. The molecular weight excluding hydrogens is 875 g/mol. The first-order valence-corrected chi connectivity index (χ1v) is 28.6. The van der Waals surface area contributed by atoms with Gasteiger partial charge in [-0.2, -0.15) is 0 Å². The third kappa shape index (κ3) is 52.6. The van der Waals surface area contributed by atoms with Gasteiger partial charge in [0.25, 0.3) is 0 Å². The first kappa shape index (κ1) is 66.7. The molecule has 0 spiro atoms. The van der Waals surface area contributed by atoms with E-state index in [2.05, 4.69) is 86.8 Å². The van der Waals surface area contributed by atoms with Gasteiger partial charge in [-0.1, -0.05) is 222 Å². The molecule has 70 heavy (non-hydrogen) atoms. The molecule has 0 saturated carbocycles. The Balaban J connectivity index is 4.14. The molecule has 9 nitrogen and oxygen atoms in total. The molecule has 0 bridgehead atoms. The molecule has 0 heterocycles. The van der Waals surface area contributed by atoms with Gasteiger partial charge in [-0.3, -0.25) is 9.59 Å². The highest BCUT2D eigenvalue weighted by Crippen LogP contribution is 2.16. The van der Waals surface area contributed by atoms with Crippen molar-refractivity contribution in [2.75, 3.05) is 47.5 Å². The van der Waals surface area contributed by atoms with Crippen LogP contribution in [0.25, 0.3) is 0 Å². The molecule has 0 aromatic heterocycles. The van der Waals surface area contributed by atoms with Gasteiger partial charge in [0, 0.05) is 12.8 Å². The van der Waals surface area contributed by atoms with Gasteiger partial charge >= 0.3 is 11.9 Å². The largest absolute Gasteiger partial charge is 0.545 e. The van der Waals surface area contributed by atoms with Crippen LogP contribution in [0, 0.1) is 0 Å². The van der Waals surface area contributed by atoms with Crippen molar-refractivity contribution in [1.29, 1.82) is 0 Å². The maximum absolute atomic E-state index is 12.8. The van der Waals surface area contributed by atoms with Crippen molar-refractivity contribution in [1.82, 2.24) is 0 Å². The lowest BCUT2D eigenvalue weighted by Gasteiger charge is -2.26. The highest BCUT2D eigenvalue weighted by Gasteiger charge is 2.22. The van der Waals surface area contributed by atoms with Crippen molar-refractivity contribution in [2.45, 2.75) is 251 Å². The van der Waals surface area contributed by atoms with E-state index in [-0.39, 0.29) is 38.6 Å². The maximum atomic E-state index is 12.8. The van der Waals surface area contributed by atoms with E-state index in [0.29, 0.717) is 17.4 Å². The number of carbonyl (C=O) groups excluding carboxylic acids is 3. The van der Waals surface area contributed by atoms with Crippen LogP contribution in [0.3, 0.4) is 0 Å². The van der Waals surface area contributed by atoms with Gasteiger partial charge in [0.15, 0.2) is 12.4 Å². The van der Waals surface area contributed by atoms with Gasteiger partial charge in [-0.15, -0.1) is 0 Å². The van der Waals surface area contributed by atoms with Crippen LogP contribution in [0.5, 0.6) is 0 Å². The summed E-state index contributed by atoms with van der Waals surface area (Å²) in [5.74, 6) is -2.30. The molecule has 0 amide bonds. The number of unbranched alkanes of at least 4 members (excludes halogenated alkanes) is 25. The fourth-order valence-corrected chi connectivity index (χ4v) is 7.78. The van der Waals surface area contributed by atoms with Crippen LogP contribution in [0.1, 0.15) is 239 Å². The number of quaternary nitrogens is 1. The predicted octanol–water partition coefficient (Wildman–Crippen LogP) is 15.3. The van der Waals surface area contributed by atoms with E-state index in [0.717, 1.165) is 89.9 Å². The molecule has 0 aromatic carbocycles. The van der Waals surface area contributed by atoms with Crippen molar-refractivity contribution >= 4 is 17.9 Å². The number of nitrogens with zero attached hydrogens (tertiary/aromatic N) is 1. The number of aliphatic carboxylic acids is 1. The van der Waals surface area contributed by atoms with Crippen LogP contribution in [0.2, 0.25) is 0 Å². The van der Waals surface area contributed by atoms with E-state index in [1.807, 2.05) is 21.1 Å². The molecule has 9 heteroatoms. The number of esters is 2. The van der Waals surface area contributed by atoms with E-state index < -0.39 is 24.3 Å². The molecule has 0 radical (unpaired) electrons. The number of carbonyl (C=O) groups is 3. The smallest absolute Gasteiger partial charge is 0.306 e.